The van der Waals surface area contributed by atoms with Gasteiger partial charge >= 0.3 is 5.97 Å². The Balaban J connectivity index is 1.68. The van der Waals surface area contributed by atoms with Crippen LogP contribution in [0.5, 0.6) is 5.88 Å². The van der Waals surface area contributed by atoms with Gasteiger partial charge in [0.1, 0.15) is 5.76 Å². The molecule has 23 heavy (non-hydrogen) atoms. The number of ether oxygens (including phenoxy) is 2. The largest absolute Gasteiger partial charge is 0.463 e. The molecule has 2 rings (SSSR count). The van der Waals surface area contributed by atoms with Gasteiger partial charge in [-0.05, 0) is 24.6 Å². The van der Waals surface area contributed by atoms with E-state index in [4.69, 9.17) is 14.0 Å². The Morgan fingerprint density at radius 1 is 1.26 bits per heavy atom. The molecule has 1 N–H and O–H groups in total. The number of benzene rings is 1. The van der Waals surface area contributed by atoms with Crippen LogP contribution in [0.2, 0.25) is 0 Å². The van der Waals surface area contributed by atoms with Crippen molar-refractivity contribution in [2.45, 2.75) is 19.9 Å². The zero-order valence-electron chi connectivity index (χ0n) is 12.9. The number of nitrogens with one attached hydrogen (secondary N) is 1. The Hall–Kier alpha value is -2.83. The Kier molecular flexibility index (Phi) is 5.74. The van der Waals surface area contributed by atoms with Gasteiger partial charge in [0.15, 0.2) is 13.2 Å². The maximum absolute atomic E-state index is 11.8. The van der Waals surface area contributed by atoms with E-state index in [1.165, 1.54) is 0 Å². The summed E-state index contributed by atoms with van der Waals surface area (Å²) in [6.07, 6.45) is 0. The number of aryl methyl sites for hydroxylation is 1. The molecule has 2 aromatic rings. The van der Waals surface area contributed by atoms with Gasteiger partial charge in [-0.2, -0.15) is 0 Å². The molecule has 0 saturated carbocycles. The highest BCUT2D eigenvalue weighted by Gasteiger charge is 2.12. The third-order valence-electron chi connectivity index (χ3n) is 2.99. The number of nitrogens with zero attached hydrogens (tertiary/aromatic N) is 1. The van der Waals surface area contributed by atoms with E-state index in [0.717, 1.165) is 5.56 Å². The minimum atomic E-state index is -0.659. The van der Waals surface area contributed by atoms with Gasteiger partial charge in [-0.3, -0.25) is 4.79 Å². The molecule has 1 aromatic carbocycles. The minimum absolute atomic E-state index is 0.170. The highest BCUT2D eigenvalue weighted by atomic mass is 16.6. The van der Waals surface area contributed by atoms with Crippen molar-refractivity contribution >= 4 is 11.9 Å². The molecular formula is C16H18N2O5. The van der Waals surface area contributed by atoms with E-state index in [1.807, 2.05) is 37.3 Å². The van der Waals surface area contributed by atoms with Crippen LogP contribution in [0.1, 0.15) is 24.3 Å². The molecule has 0 bridgehead atoms. The van der Waals surface area contributed by atoms with Gasteiger partial charge in [0.05, 0.1) is 6.04 Å². The summed E-state index contributed by atoms with van der Waals surface area (Å²) in [4.78, 5) is 23.3. The third kappa shape index (κ3) is 5.46. The molecule has 0 aliphatic carbocycles. The number of amides is 1. The number of carbonyl (C=O) groups excluding carboxylic acids is 2. The van der Waals surface area contributed by atoms with Gasteiger partial charge in [-0.25, -0.2) is 4.79 Å². The van der Waals surface area contributed by atoms with Gasteiger partial charge < -0.3 is 19.3 Å². The van der Waals surface area contributed by atoms with Crippen molar-refractivity contribution in [1.29, 1.82) is 0 Å². The van der Waals surface area contributed by atoms with Gasteiger partial charge in [-0.1, -0.05) is 30.3 Å². The van der Waals surface area contributed by atoms with Crippen molar-refractivity contribution in [1.82, 2.24) is 10.5 Å². The lowest BCUT2D eigenvalue weighted by molar-refractivity contribution is -0.150. The smallest absolute Gasteiger partial charge is 0.344 e. The lowest BCUT2D eigenvalue weighted by Crippen LogP contribution is -2.31. The van der Waals surface area contributed by atoms with Gasteiger partial charge in [-0.15, -0.1) is 0 Å². The highest BCUT2D eigenvalue weighted by molar-refractivity contribution is 5.81. The van der Waals surface area contributed by atoms with E-state index >= 15 is 0 Å². The fourth-order valence-electron chi connectivity index (χ4n) is 1.84. The molecular weight excluding hydrogens is 300 g/mol. The first-order valence-corrected chi connectivity index (χ1v) is 7.10. The van der Waals surface area contributed by atoms with Gasteiger partial charge in [0, 0.05) is 6.07 Å². The summed E-state index contributed by atoms with van der Waals surface area (Å²) in [6.45, 7) is 2.85. The summed E-state index contributed by atoms with van der Waals surface area (Å²) in [7, 11) is 0. The molecule has 0 aliphatic rings. The second-order valence-electron chi connectivity index (χ2n) is 4.93. The topological polar surface area (TPSA) is 90.7 Å². The number of hydrogen-bond acceptors (Lipinski definition) is 6. The van der Waals surface area contributed by atoms with Crippen LogP contribution >= 0.6 is 0 Å². The second-order valence-corrected chi connectivity index (χ2v) is 4.93. The van der Waals surface area contributed by atoms with Crippen molar-refractivity contribution < 1.29 is 23.6 Å². The SMILES string of the molecule is Cc1cc(OCC(=O)OCC(=O)N[C@H](C)c2ccccc2)no1. The molecule has 0 spiro atoms. The van der Waals surface area contributed by atoms with E-state index < -0.39 is 5.97 Å². The zero-order valence-corrected chi connectivity index (χ0v) is 12.9. The van der Waals surface area contributed by atoms with Crippen molar-refractivity contribution in [3.63, 3.8) is 0 Å². The van der Waals surface area contributed by atoms with E-state index in [2.05, 4.69) is 10.5 Å². The lowest BCUT2D eigenvalue weighted by Gasteiger charge is -2.14. The quantitative estimate of drug-likeness (QED) is 0.783. The van der Waals surface area contributed by atoms with E-state index in [0.29, 0.717) is 5.76 Å². The van der Waals surface area contributed by atoms with Crippen molar-refractivity contribution in [2.24, 2.45) is 0 Å². The molecule has 1 heterocycles. The van der Waals surface area contributed by atoms with Crippen LogP contribution in [0, 0.1) is 6.92 Å². The molecule has 1 atom stereocenters. The van der Waals surface area contributed by atoms with Gasteiger partial charge in [0.2, 0.25) is 0 Å². The first-order valence-electron chi connectivity index (χ1n) is 7.10. The van der Waals surface area contributed by atoms with Crippen LogP contribution in [0.4, 0.5) is 0 Å². The second kappa shape index (κ2) is 7.98. The summed E-state index contributed by atoms with van der Waals surface area (Å²) >= 11 is 0. The Morgan fingerprint density at radius 2 is 2.00 bits per heavy atom. The summed E-state index contributed by atoms with van der Waals surface area (Å²) in [6, 6.07) is 10.9. The van der Waals surface area contributed by atoms with Crippen LogP contribution in [0.25, 0.3) is 0 Å². The molecule has 7 nitrogen and oxygen atoms in total. The third-order valence-corrected chi connectivity index (χ3v) is 2.99. The Bertz CT molecular complexity index is 654. The van der Waals surface area contributed by atoms with Crippen molar-refractivity contribution in [2.75, 3.05) is 13.2 Å². The number of hydrogen-bond donors (Lipinski definition) is 1. The summed E-state index contributed by atoms with van der Waals surface area (Å²) in [5.41, 5.74) is 0.969. The fraction of sp³-hybridized carbons (Fsp3) is 0.312. The molecule has 0 fully saturated rings. The number of carbonyl (C=O) groups is 2. The Labute approximate surface area is 133 Å². The fourth-order valence-corrected chi connectivity index (χ4v) is 1.84. The molecule has 0 saturated heterocycles. The molecule has 0 radical (unpaired) electrons. The van der Waals surface area contributed by atoms with Gasteiger partial charge in [0.25, 0.3) is 11.8 Å². The van der Waals surface area contributed by atoms with Crippen LogP contribution in [0.15, 0.2) is 40.9 Å². The molecule has 0 unspecified atom stereocenters. The van der Waals surface area contributed by atoms with Crippen LogP contribution < -0.4 is 10.1 Å². The predicted octanol–water partition coefficient (Wildman–Crippen LogP) is 1.78. The normalized spacial score (nSPS) is 11.6. The molecule has 1 aromatic heterocycles. The van der Waals surface area contributed by atoms with Crippen molar-refractivity contribution in [3.8, 4) is 5.88 Å². The monoisotopic (exact) mass is 318 g/mol. The maximum atomic E-state index is 11.8. The number of esters is 1. The standard InChI is InChI=1S/C16H18N2O5/c1-11-8-15(18-23-11)21-10-16(20)22-9-14(19)17-12(2)13-6-4-3-5-7-13/h3-8,12H,9-10H2,1-2H3,(H,17,19)/t12-/m1/s1. The summed E-state index contributed by atoms with van der Waals surface area (Å²) in [5.74, 6) is -0.274. The first kappa shape index (κ1) is 16.5. The maximum Gasteiger partial charge on any atom is 0.344 e. The highest BCUT2D eigenvalue weighted by Crippen LogP contribution is 2.11. The molecule has 7 heteroatoms. The zero-order chi connectivity index (χ0) is 16.7. The Morgan fingerprint density at radius 3 is 2.65 bits per heavy atom. The van der Waals surface area contributed by atoms with Crippen LogP contribution in [0.3, 0.4) is 0 Å². The molecule has 0 aliphatic heterocycles. The average molecular weight is 318 g/mol. The van der Waals surface area contributed by atoms with E-state index in [1.54, 1.807) is 13.0 Å². The van der Waals surface area contributed by atoms with Crippen molar-refractivity contribution in [3.05, 3.63) is 47.7 Å². The summed E-state index contributed by atoms with van der Waals surface area (Å²) < 4.78 is 14.7. The van der Waals surface area contributed by atoms with E-state index in [-0.39, 0.29) is 31.0 Å². The van der Waals surface area contributed by atoms with Crippen LogP contribution in [-0.2, 0) is 14.3 Å². The van der Waals surface area contributed by atoms with E-state index in [9.17, 15) is 9.59 Å². The summed E-state index contributed by atoms with van der Waals surface area (Å²) in [5, 5.41) is 6.32. The molecule has 122 valence electrons. The minimum Gasteiger partial charge on any atom is -0.463 e. The average Bonchev–Trinajstić information content (AvgIpc) is 2.97. The molecule has 1 amide bonds. The predicted molar refractivity (Wildman–Crippen MR) is 80.7 cm³/mol. The number of aromatic nitrogens is 1. The van der Waals surface area contributed by atoms with Crippen LogP contribution in [-0.4, -0.2) is 30.2 Å². The lowest BCUT2D eigenvalue weighted by atomic mass is 10.1. The number of rotatable bonds is 7. The first-order chi connectivity index (χ1) is 11.0.